The fourth-order valence-electron chi connectivity index (χ4n) is 2.07. The van der Waals surface area contributed by atoms with Crippen LogP contribution in [0.15, 0.2) is 44.9 Å². The van der Waals surface area contributed by atoms with Crippen LogP contribution in [0, 0.1) is 0 Å². The molecule has 0 spiro atoms. The van der Waals surface area contributed by atoms with Gasteiger partial charge in [0.2, 0.25) is 0 Å². The van der Waals surface area contributed by atoms with Crippen molar-refractivity contribution < 1.29 is 25.5 Å². The van der Waals surface area contributed by atoms with Crippen LogP contribution in [0.2, 0.25) is 0 Å². The number of halogens is 2. The van der Waals surface area contributed by atoms with E-state index in [0.29, 0.717) is 25.1 Å². The summed E-state index contributed by atoms with van der Waals surface area (Å²) in [6.07, 6.45) is 2.72. The zero-order valence-electron chi connectivity index (χ0n) is 12.6. The van der Waals surface area contributed by atoms with Gasteiger partial charge in [0.05, 0.1) is 4.99 Å². The Labute approximate surface area is 166 Å². The van der Waals surface area contributed by atoms with Gasteiger partial charge >= 0.3 is 0 Å². The molecular formula is C16H15Br2NO5S. The first kappa shape index (κ1) is 19.9. The van der Waals surface area contributed by atoms with Gasteiger partial charge in [0.25, 0.3) is 0 Å². The van der Waals surface area contributed by atoms with Gasteiger partial charge in [-0.1, -0.05) is 34.2 Å². The number of aliphatic hydroxyl groups excluding tert-OH is 2. The molecule has 0 aromatic heterocycles. The van der Waals surface area contributed by atoms with E-state index in [1.807, 2.05) is 0 Å². The topological polar surface area (TPSA) is 113 Å². The molecule has 1 aromatic rings. The van der Waals surface area contributed by atoms with E-state index < -0.39 is 29.5 Å². The summed E-state index contributed by atoms with van der Waals surface area (Å²) in [7, 11) is 0. The van der Waals surface area contributed by atoms with Crippen LogP contribution >= 0.6 is 44.1 Å². The maximum atomic E-state index is 9.77. The van der Waals surface area contributed by atoms with Crippen LogP contribution in [0.1, 0.15) is 5.56 Å². The predicted molar refractivity (Wildman–Crippen MR) is 105 cm³/mol. The lowest BCUT2D eigenvalue weighted by Crippen LogP contribution is -2.27. The third kappa shape index (κ3) is 4.83. The van der Waals surface area contributed by atoms with Gasteiger partial charge in [0.1, 0.15) is 12.2 Å². The molecule has 2 rings (SSSR count). The van der Waals surface area contributed by atoms with Crippen molar-refractivity contribution in [1.82, 2.24) is 5.32 Å². The first-order valence-corrected chi connectivity index (χ1v) is 9.03. The average molecular weight is 493 g/mol. The van der Waals surface area contributed by atoms with Gasteiger partial charge in [0, 0.05) is 15.5 Å². The van der Waals surface area contributed by atoms with Crippen molar-refractivity contribution in [2.45, 2.75) is 18.8 Å². The molecule has 0 fully saturated rings. The molecule has 25 heavy (non-hydrogen) atoms. The number of phenols is 3. The Morgan fingerprint density at radius 2 is 1.76 bits per heavy atom. The van der Waals surface area contributed by atoms with Crippen molar-refractivity contribution in [1.29, 1.82) is 0 Å². The van der Waals surface area contributed by atoms with Crippen LogP contribution in [0.4, 0.5) is 0 Å². The molecule has 0 saturated carbocycles. The van der Waals surface area contributed by atoms with Crippen molar-refractivity contribution >= 4 is 49.1 Å². The molecule has 1 aliphatic carbocycles. The summed E-state index contributed by atoms with van der Waals surface area (Å²) in [6, 6.07) is 2.62. The van der Waals surface area contributed by atoms with Crippen molar-refractivity contribution in [3.8, 4) is 17.2 Å². The van der Waals surface area contributed by atoms with Gasteiger partial charge < -0.3 is 30.8 Å². The molecule has 0 heterocycles. The first-order valence-electron chi connectivity index (χ1n) is 7.04. The van der Waals surface area contributed by atoms with Gasteiger partial charge in [0.15, 0.2) is 17.2 Å². The molecule has 0 radical (unpaired) electrons. The molecule has 1 aliphatic rings. The van der Waals surface area contributed by atoms with Crippen molar-refractivity contribution in [2.75, 3.05) is 0 Å². The third-order valence-corrected chi connectivity index (χ3v) is 5.97. The molecule has 6 nitrogen and oxygen atoms in total. The molecule has 0 bridgehead atoms. The molecule has 134 valence electrons. The van der Waals surface area contributed by atoms with Crippen molar-refractivity contribution in [2.24, 2.45) is 0 Å². The van der Waals surface area contributed by atoms with Crippen LogP contribution in [-0.4, -0.2) is 42.7 Å². The third-order valence-electron chi connectivity index (χ3n) is 3.41. The normalized spacial score (nSPS) is 20.7. The molecule has 0 aliphatic heterocycles. The number of phenolic OH excluding ortho intramolecular Hbond substituents is 3. The van der Waals surface area contributed by atoms with E-state index >= 15 is 0 Å². The van der Waals surface area contributed by atoms with E-state index in [4.69, 9.17) is 12.2 Å². The van der Waals surface area contributed by atoms with Gasteiger partial charge in [-0.25, -0.2) is 0 Å². The Morgan fingerprint density at radius 3 is 2.36 bits per heavy atom. The fraction of sp³-hybridized carbons (Fsp3) is 0.188. The fourth-order valence-corrected chi connectivity index (χ4v) is 3.21. The molecule has 2 atom stereocenters. The molecule has 0 amide bonds. The van der Waals surface area contributed by atoms with Gasteiger partial charge in [-0.3, -0.25) is 0 Å². The zero-order chi connectivity index (χ0) is 18.7. The van der Waals surface area contributed by atoms with Crippen LogP contribution in [0.5, 0.6) is 17.2 Å². The summed E-state index contributed by atoms with van der Waals surface area (Å²) in [5, 5.41) is 50.7. The second-order valence-corrected chi connectivity index (χ2v) is 7.34. The maximum absolute atomic E-state index is 9.77. The number of allylic oxidation sites excluding steroid dienone is 3. The summed E-state index contributed by atoms with van der Waals surface area (Å²) >= 11 is 11.7. The summed E-state index contributed by atoms with van der Waals surface area (Å²) in [4.78, 5) is 0.380. The molecule has 1 aromatic carbocycles. The highest BCUT2D eigenvalue weighted by Gasteiger charge is 2.25. The number of benzene rings is 1. The van der Waals surface area contributed by atoms with Gasteiger partial charge in [-0.2, -0.15) is 0 Å². The van der Waals surface area contributed by atoms with E-state index in [1.165, 1.54) is 18.2 Å². The quantitative estimate of drug-likeness (QED) is 0.217. The standard InChI is InChI=1S/C16H15Br2NO5S/c17-13-8(5-11(22)16(24)14(13)18)1-2-12(25)19-6-7-3-9(20)15(23)10(21)4-7/h1-5,11,16,20-24H,6H2,(H,19,25)/b2-1+. The second-order valence-electron chi connectivity index (χ2n) is 5.25. The summed E-state index contributed by atoms with van der Waals surface area (Å²) in [6.45, 7) is 0.228. The predicted octanol–water partition coefficient (Wildman–Crippen LogP) is 2.44. The lowest BCUT2D eigenvalue weighted by atomic mass is 10.0. The first-order chi connectivity index (χ1) is 11.7. The number of rotatable bonds is 4. The summed E-state index contributed by atoms with van der Waals surface area (Å²) in [5.74, 6) is -1.41. The van der Waals surface area contributed by atoms with Crippen molar-refractivity contribution in [3.63, 3.8) is 0 Å². The van der Waals surface area contributed by atoms with E-state index in [9.17, 15) is 25.5 Å². The SMILES string of the molecule is Oc1cc(CNC(=S)/C=C/C2=CC(O)C(O)C(Br)=C2Br)cc(O)c1O. The molecule has 0 saturated heterocycles. The Bertz CT molecular complexity index is 768. The molecule has 6 N–H and O–H groups in total. The molecule has 9 heteroatoms. The summed E-state index contributed by atoms with van der Waals surface area (Å²) < 4.78 is 1.05. The van der Waals surface area contributed by atoms with Crippen LogP contribution in [-0.2, 0) is 6.54 Å². The minimum absolute atomic E-state index is 0.228. The Morgan fingerprint density at radius 1 is 1.16 bits per heavy atom. The van der Waals surface area contributed by atoms with Gasteiger partial charge in [-0.15, -0.1) is 0 Å². The number of thiocarbonyl (C=S) groups is 1. The number of nitrogens with one attached hydrogen (secondary N) is 1. The van der Waals surface area contributed by atoms with Crippen LogP contribution in [0.3, 0.4) is 0 Å². The van der Waals surface area contributed by atoms with E-state index in [1.54, 1.807) is 12.2 Å². The highest BCUT2D eigenvalue weighted by molar-refractivity contribution is 9.14. The Hall–Kier alpha value is -1.39. The minimum atomic E-state index is -1.03. The van der Waals surface area contributed by atoms with Crippen LogP contribution < -0.4 is 5.32 Å². The maximum Gasteiger partial charge on any atom is 0.200 e. The Kier molecular flexibility index (Phi) is 6.64. The smallest absolute Gasteiger partial charge is 0.200 e. The Balaban J connectivity index is 2.01. The van der Waals surface area contributed by atoms with E-state index in [0.717, 1.165) is 0 Å². The molecule has 2 unspecified atom stereocenters. The lowest BCUT2D eigenvalue weighted by molar-refractivity contribution is 0.0768. The number of hydrogen-bond donors (Lipinski definition) is 6. The highest BCUT2D eigenvalue weighted by Crippen LogP contribution is 2.35. The summed E-state index contributed by atoms with van der Waals surface area (Å²) in [5.41, 5.74) is 1.18. The monoisotopic (exact) mass is 491 g/mol. The largest absolute Gasteiger partial charge is 0.504 e. The second kappa shape index (κ2) is 8.33. The van der Waals surface area contributed by atoms with Crippen molar-refractivity contribution in [3.05, 3.63) is 50.5 Å². The van der Waals surface area contributed by atoms with Crippen LogP contribution in [0.25, 0.3) is 0 Å². The minimum Gasteiger partial charge on any atom is -0.504 e. The highest BCUT2D eigenvalue weighted by atomic mass is 79.9. The van der Waals surface area contributed by atoms with E-state index in [-0.39, 0.29) is 6.54 Å². The zero-order valence-corrected chi connectivity index (χ0v) is 16.6. The number of aliphatic hydroxyl groups is 2. The number of aromatic hydroxyl groups is 3. The van der Waals surface area contributed by atoms with E-state index in [2.05, 4.69) is 37.2 Å². The van der Waals surface area contributed by atoms with Gasteiger partial charge in [-0.05, 0) is 51.4 Å². The lowest BCUT2D eigenvalue weighted by Gasteiger charge is -2.22. The number of hydrogen-bond acceptors (Lipinski definition) is 6. The molecular weight excluding hydrogens is 478 g/mol. The average Bonchev–Trinajstić information content (AvgIpc) is 2.57.